The highest BCUT2D eigenvalue weighted by Crippen LogP contribution is 2.24. The second-order valence-corrected chi connectivity index (χ2v) is 4.58. The normalized spacial score (nSPS) is 16.1. The highest BCUT2D eigenvalue weighted by molar-refractivity contribution is 14.1. The molecule has 2 nitrogen and oxygen atoms in total. The van der Waals surface area contributed by atoms with Crippen molar-refractivity contribution < 1.29 is 9.53 Å². The molecule has 0 atom stereocenters. The molecule has 0 fully saturated rings. The molecule has 0 unspecified atom stereocenters. The van der Waals surface area contributed by atoms with E-state index in [2.05, 4.69) is 22.6 Å². The summed E-state index contributed by atoms with van der Waals surface area (Å²) in [6.07, 6.45) is 4.37. The second kappa shape index (κ2) is 4.79. The van der Waals surface area contributed by atoms with Crippen molar-refractivity contribution in [2.24, 2.45) is 0 Å². The average Bonchev–Trinajstić information content (AvgIpc) is 2.24. The van der Waals surface area contributed by atoms with Crippen LogP contribution in [0, 0.1) is 3.57 Å². The van der Waals surface area contributed by atoms with Gasteiger partial charge in [0.15, 0.2) is 11.5 Å². The first-order chi connectivity index (χ1) is 7.27. The maximum absolute atomic E-state index is 11.5. The first kappa shape index (κ1) is 10.7. The summed E-state index contributed by atoms with van der Waals surface area (Å²) in [4.78, 5) is 11.5. The molecule has 78 valence electrons. The van der Waals surface area contributed by atoms with E-state index in [1.165, 1.54) is 0 Å². The SMILES string of the molecule is O=C1CCCC=C1Oc1ccccc1I. The zero-order valence-electron chi connectivity index (χ0n) is 8.20. The number of carbonyl (C=O) groups is 1. The molecule has 0 N–H and O–H groups in total. The molecule has 0 saturated heterocycles. The lowest BCUT2D eigenvalue weighted by Crippen LogP contribution is -2.12. The number of ether oxygens (including phenoxy) is 1. The predicted octanol–water partition coefficient (Wildman–Crippen LogP) is 3.31. The van der Waals surface area contributed by atoms with Crippen molar-refractivity contribution >= 4 is 28.4 Å². The molecule has 0 aromatic heterocycles. The number of para-hydroxylation sites is 1. The number of hydrogen-bond acceptors (Lipinski definition) is 2. The molecule has 1 aliphatic carbocycles. The minimum Gasteiger partial charge on any atom is -0.453 e. The maximum Gasteiger partial charge on any atom is 0.197 e. The fraction of sp³-hybridized carbons (Fsp3) is 0.250. The highest BCUT2D eigenvalue weighted by Gasteiger charge is 2.16. The molecule has 15 heavy (non-hydrogen) atoms. The van der Waals surface area contributed by atoms with Gasteiger partial charge in [0.25, 0.3) is 0 Å². The summed E-state index contributed by atoms with van der Waals surface area (Å²) in [5, 5.41) is 0. The Balaban J connectivity index is 2.18. The Labute approximate surface area is 102 Å². The van der Waals surface area contributed by atoms with Crippen LogP contribution >= 0.6 is 22.6 Å². The van der Waals surface area contributed by atoms with E-state index in [4.69, 9.17) is 4.74 Å². The molecule has 0 amide bonds. The van der Waals surface area contributed by atoms with Crippen LogP contribution in [-0.2, 0) is 4.79 Å². The van der Waals surface area contributed by atoms with Crippen molar-refractivity contribution in [2.45, 2.75) is 19.3 Å². The molecular weight excluding hydrogens is 303 g/mol. The zero-order valence-corrected chi connectivity index (χ0v) is 10.4. The highest BCUT2D eigenvalue weighted by atomic mass is 127. The lowest BCUT2D eigenvalue weighted by Gasteiger charge is -2.13. The third-order valence-corrected chi connectivity index (χ3v) is 3.16. The van der Waals surface area contributed by atoms with E-state index in [1.54, 1.807) is 0 Å². The van der Waals surface area contributed by atoms with Gasteiger partial charge in [-0.2, -0.15) is 0 Å². The summed E-state index contributed by atoms with van der Waals surface area (Å²) in [6.45, 7) is 0. The molecule has 0 radical (unpaired) electrons. The van der Waals surface area contributed by atoms with Crippen LogP contribution in [0.2, 0.25) is 0 Å². The van der Waals surface area contributed by atoms with Gasteiger partial charge in [0, 0.05) is 6.42 Å². The Morgan fingerprint density at radius 1 is 1.27 bits per heavy atom. The lowest BCUT2D eigenvalue weighted by molar-refractivity contribution is -0.118. The van der Waals surface area contributed by atoms with Crippen molar-refractivity contribution in [1.82, 2.24) is 0 Å². The van der Waals surface area contributed by atoms with Crippen LogP contribution in [0.5, 0.6) is 5.75 Å². The molecule has 0 aliphatic heterocycles. The van der Waals surface area contributed by atoms with Gasteiger partial charge in [-0.3, -0.25) is 4.79 Å². The van der Waals surface area contributed by atoms with E-state index in [1.807, 2.05) is 30.3 Å². The largest absolute Gasteiger partial charge is 0.453 e. The Morgan fingerprint density at radius 2 is 2.07 bits per heavy atom. The summed E-state index contributed by atoms with van der Waals surface area (Å²) < 4.78 is 6.62. The van der Waals surface area contributed by atoms with Crippen molar-refractivity contribution in [3.05, 3.63) is 39.7 Å². The Kier molecular flexibility index (Phi) is 3.41. The van der Waals surface area contributed by atoms with Crippen molar-refractivity contribution in [3.63, 3.8) is 0 Å². The van der Waals surface area contributed by atoms with Crippen LogP contribution in [-0.4, -0.2) is 5.78 Å². The van der Waals surface area contributed by atoms with Gasteiger partial charge in [-0.15, -0.1) is 0 Å². The number of allylic oxidation sites excluding steroid dienone is 2. The van der Waals surface area contributed by atoms with Gasteiger partial charge < -0.3 is 4.74 Å². The summed E-state index contributed by atoms with van der Waals surface area (Å²) in [6, 6.07) is 7.70. The zero-order chi connectivity index (χ0) is 10.7. The van der Waals surface area contributed by atoms with Crippen LogP contribution in [0.3, 0.4) is 0 Å². The number of halogens is 1. The van der Waals surface area contributed by atoms with E-state index < -0.39 is 0 Å². The fourth-order valence-corrected chi connectivity index (χ4v) is 1.97. The van der Waals surface area contributed by atoms with Gasteiger partial charge in [-0.25, -0.2) is 0 Å². The molecule has 2 rings (SSSR count). The number of hydrogen-bond donors (Lipinski definition) is 0. The number of Topliss-reactive ketones (excluding diaryl/α,β-unsaturated/α-hetero) is 1. The summed E-state index contributed by atoms with van der Waals surface area (Å²) in [7, 11) is 0. The molecule has 0 heterocycles. The first-order valence-electron chi connectivity index (χ1n) is 4.93. The molecule has 0 bridgehead atoms. The van der Waals surface area contributed by atoms with E-state index in [0.717, 1.165) is 22.2 Å². The molecule has 0 saturated carbocycles. The standard InChI is InChI=1S/C12H11IO2/c13-9-5-1-3-7-11(9)15-12-8-4-2-6-10(12)14/h1,3,5,7-8H,2,4,6H2. The topological polar surface area (TPSA) is 26.3 Å². The Hall–Kier alpha value is -0.840. The van der Waals surface area contributed by atoms with Crippen LogP contribution in [0.4, 0.5) is 0 Å². The molecule has 1 aliphatic rings. The maximum atomic E-state index is 11.5. The average molecular weight is 314 g/mol. The molecular formula is C12H11IO2. The van der Waals surface area contributed by atoms with Crippen molar-refractivity contribution in [3.8, 4) is 5.75 Å². The Bertz CT molecular complexity index is 410. The lowest BCUT2D eigenvalue weighted by atomic mass is 10.1. The second-order valence-electron chi connectivity index (χ2n) is 3.42. The minimum absolute atomic E-state index is 0.112. The molecule has 0 spiro atoms. The molecule has 1 aromatic carbocycles. The minimum atomic E-state index is 0.112. The smallest absolute Gasteiger partial charge is 0.197 e. The van der Waals surface area contributed by atoms with E-state index in [0.29, 0.717) is 12.2 Å². The van der Waals surface area contributed by atoms with E-state index in [-0.39, 0.29) is 5.78 Å². The van der Waals surface area contributed by atoms with Crippen LogP contribution in [0.25, 0.3) is 0 Å². The first-order valence-corrected chi connectivity index (χ1v) is 6.01. The summed E-state index contributed by atoms with van der Waals surface area (Å²) in [5.41, 5.74) is 0. The van der Waals surface area contributed by atoms with Gasteiger partial charge in [-0.05, 0) is 53.6 Å². The summed E-state index contributed by atoms with van der Waals surface area (Å²) >= 11 is 2.20. The van der Waals surface area contributed by atoms with Gasteiger partial charge in [-0.1, -0.05) is 12.1 Å². The quantitative estimate of drug-likeness (QED) is 0.783. The van der Waals surface area contributed by atoms with E-state index in [9.17, 15) is 4.79 Å². The Morgan fingerprint density at radius 3 is 2.80 bits per heavy atom. The number of benzene rings is 1. The van der Waals surface area contributed by atoms with Crippen LogP contribution in [0.1, 0.15) is 19.3 Å². The predicted molar refractivity (Wildman–Crippen MR) is 66.7 cm³/mol. The molecule has 1 aromatic rings. The van der Waals surface area contributed by atoms with Crippen molar-refractivity contribution in [1.29, 1.82) is 0 Å². The van der Waals surface area contributed by atoms with Crippen LogP contribution in [0.15, 0.2) is 36.1 Å². The van der Waals surface area contributed by atoms with Gasteiger partial charge in [0.2, 0.25) is 0 Å². The van der Waals surface area contributed by atoms with Crippen LogP contribution < -0.4 is 4.74 Å². The fourth-order valence-electron chi connectivity index (χ4n) is 1.48. The summed E-state index contributed by atoms with van der Waals surface area (Å²) in [5.74, 6) is 1.38. The third-order valence-electron chi connectivity index (χ3n) is 2.27. The van der Waals surface area contributed by atoms with Gasteiger partial charge >= 0.3 is 0 Å². The van der Waals surface area contributed by atoms with E-state index >= 15 is 0 Å². The third kappa shape index (κ3) is 2.59. The number of carbonyl (C=O) groups excluding carboxylic acids is 1. The number of ketones is 1. The van der Waals surface area contributed by atoms with Crippen molar-refractivity contribution in [2.75, 3.05) is 0 Å². The monoisotopic (exact) mass is 314 g/mol. The number of rotatable bonds is 2. The molecule has 3 heteroatoms. The van der Waals surface area contributed by atoms with Gasteiger partial charge in [0.1, 0.15) is 5.75 Å². The van der Waals surface area contributed by atoms with Gasteiger partial charge in [0.05, 0.1) is 3.57 Å².